The molecule has 0 radical (unpaired) electrons. The fourth-order valence-corrected chi connectivity index (χ4v) is 4.09. The maximum absolute atomic E-state index is 13.2. The number of rotatable bonds is 3. The Morgan fingerprint density at radius 3 is 2.39 bits per heavy atom. The molecule has 5 rings (SSSR count). The highest BCUT2D eigenvalue weighted by atomic mass is 16.5. The van der Waals surface area contributed by atoms with Gasteiger partial charge in [-0.2, -0.15) is 0 Å². The number of benzene rings is 3. The zero-order chi connectivity index (χ0) is 22.8. The van der Waals surface area contributed by atoms with Gasteiger partial charge in [0.2, 0.25) is 0 Å². The monoisotopic (exact) mass is 440 g/mol. The van der Waals surface area contributed by atoms with Gasteiger partial charge in [0.25, 0.3) is 5.91 Å². The van der Waals surface area contributed by atoms with Crippen LogP contribution in [0.3, 0.4) is 0 Å². The van der Waals surface area contributed by atoms with Crippen molar-refractivity contribution in [3.05, 3.63) is 83.9 Å². The Kier molecular flexibility index (Phi) is 5.52. The van der Waals surface area contributed by atoms with Crippen LogP contribution in [0, 0.1) is 6.92 Å². The zero-order valence-corrected chi connectivity index (χ0v) is 18.3. The van der Waals surface area contributed by atoms with Gasteiger partial charge in [0.1, 0.15) is 5.52 Å². The molecule has 4 aromatic rings. The van der Waals surface area contributed by atoms with E-state index in [1.54, 1.807) is 15.9 Å². The van der Waals surface area contributed by atoms with Crippen LogP contribution < -0.4 is 5.32 Å². The van der Waals surface area contributed by atoms with Crippen LogP contribution in [0.5, 0.6) is 0 Å². The van der Waals surface area contributed by atoms with E-state index >= 15 is 0 Å². The first kappa shape index (κ1) is 20.8. The first-order valence-corrected chi connectivity index (χ1v) is 11.0. The maximum atomic E-state index is 13.2. The summed E-state index contributed by atoms with van der Waals surface area (Å²) in [4.78, 5) is 29.3. The average Bonchev–Trinajstić information content (AvgIpc) is 3.27. The molecule has 0 spiro atoms. The quantitative estimate of drug-likeness (QED) is 0.497. The molecule has 33 heavy (non-hydrogen) atoms. The Morgan fingerprint density at radius 1 is 0.879 bits per heavy atom. The number of aromatic nitrogens is 1. The van der Waals surface area contributed by atoms with Crippen LogP contribution in [0.2, 0.25) is 0 Å². The molecule has 7 heteroatoms. The number of carbonyl (C=O) groups excluding carboxylic acids is 2. The van der Waals surface area contributed by atoms with Gasteiger partial charge < -0.3 is 19.6 Å². The lowest BCUT2D eigenvalue weighted by molar-refractivity contribution is 0.0672. The predicted molar refractivity (Wildman–Crippen MR) is 127 cm³/mol. The number of hydrogen-bond acceptors (Lipinski definition) is 4. The Hall–Kier alpha value is -4.13. The summed E-state index contributed by atoms with van der Waals surface area (Å²) in [7, 11) is 0. The van der Waals surface area contributed by atoms with E-state index in [1.165, 1.54) is 0 Å². The third-order valence-electron chi connectivity index (χ3n) is 5.88. The summed E-state index contributed by atoms with van der Waals surface area (Å²) < 4.78 is 5.55. The van der Waals surface area contributed by atoms with E-state index in [1.807, 2.05) is 73.7 Å². The molecule has 0 saturated carbocycles. The Bertz CT molecular complexity index is 1310. The number of urea groups is 1. The number of aryl methyl sites for hydroxylation is 1. The van der Waals surface area contributed by atoms with Crippen LogP contribution in [0.4, 0.5) is 10.5 Å². The molecule has 1 aliphatic rings. The minimum absolute atomic E-state index is 0.0594. The van der Waals surface area contributed by atoms with Crippen LogP contribution in [-0.4, -0.2) is 53.1 Å². The van der Waals surface area contributed by atoms with E-state index < -0.39 is 0 Å². The molecule has 1 N–H and O–H groups in total. The van der Waals surface area contributed by atoms with Gasteiger partial charge >= 0.3 is 6.03 Å². The molecular weight excluding hydrogens is 416 g/mol. The second-order valence-corrected chi connectivity index (χ2v) is 8.19. The molecule has 0 atom stereocenters. The molecule has 166 valence electrons. The lowest BCUT2D eigenvalue weighted by Gasteiger charge is -2.34. The van der Waals surface area contributed by atoms with Crippen LogP contribution in [0.25, 0.3) is 22.2 Å². The van der Waals surface area contributed by atoms with Gasteiger partial charge in [0.05, 0.1) is 5.39 Å². The number of fused-ring (bicyclic) bond motifs is 1. The Balaban J connectivity index is 1.26. The van der Waals surface area contributed by atoms with Crippen molar-refractivity contribution in [3.63, 3.8) is 0 Å². The lowest BCUT2D eigenvalue weighted by Crippen LogP contribution is -2.51. The van der Waals surface area contributed by atoms with Gasteiger partial charge in [-0.25, -0.2) is 4.79 Å². The highest BCUT2D eigenvalue weighted by Gasteiger charge is 2.25. The Labute approximate surface area is 191 Å². The fraction of sp³-hybridized carbons (Fsp3) is 0.192. The van der Waals surface area contributed by atoms with Crippen molar-refractivity contribution in [2.75, 3.05) is 31.5 Å². The third-order valence-corrected chi connectivity index (χ3v) is 5.88. The molecule has 3 aromatic carbocycles. The van der Waals surface area contributed by atoms with Crippen molar-refractivity contribution in [3.8, 4) is 11.3 Å². The summed E-state index contributed by atoms with van der Waals surface area (Å²) in [6, 6.07) is 22.7. The predicted octanol–water partition coefficient (Wildman–Crippen LogP) is 4.79. The summed E-state index contributed by atoms with van der Waals surface area (Å²) in [6.45, 7) is 3.91. The van der Waals surface area contributed by atoms with E-state index in [-0.39, 0.29) is 11.9 Å². The fourth-order valence-electron chi connectivity index (χ4n) is 4.09. The number of hydrogen-bond donors (Lipinski definition) is 1. The number of amides is 3. The minimum Gasteiger partial charge on any atom is -0.355 e. The van der Waals surface area contributed by atoms with Crippen molar-refractivity contribution >= 4 is 28.5 Å². The summed E-state index contributed by atoms with van der Waals surface area (Å²) in [6.07, 6.45) is 0. The molecule has 0 unspecified atom stereocenters. The number of nitrogens with zero attached hydrogens (tertiary/aromatic N) is 3. The standard InChI is InChI=1S/C26H24N4O3/c1-18-6-5-9-21(16-18)27-26(32)30-14-12-29(13-15-30)25(31)20-10-11-23-22(17-20)24(33-28-23)19-7-3-2-4-8-19/h2-11,16-17H,12-15H2,1H3,(H,27,32). The van der Waals surface area contributed by atoms with Crippen LogP contribution in [0.15, 0.2) is 77.3 Å². The molecule has 1 aromatic heterocycles. The van der Waals surface area contributed by atoms with Gasteiger partial charge in [-0.1, -0.05) is 47.6 Å². The van der Waals surface area contributed by atoms with Crippen LogP contribution in [0.1, 0.15) is 15.9 Å². The van der Waals surface area contributed by atoms with Gasteiger partial charge in [-0.15, -0.1) is 0 Å². The first-order valence-electron chi connectivity index (χ1n) is 11.0. The largest absolute Gasteiger partial charge is 0.355 e. The number of carbonyl (C=O) groups is 2. The Morgan fingerprint density at radius 2 is 1.64 bits per heavy atom. The smallest absolute Gasteiger partial charge is 0.321 e. The minimum atomic E-state index is -0.147. The summed E-state index contributed by atoms with van der Waals surface area (Å²) in [5.41, 5.74) is 4.07. The summed E-state index contributed by atoms with van der Waals surface area (Å²) in [5, 5.41) is 7.87. The van der Waals surface area contributed by atoms with E-state index in [0.29, 0.717) is 43.0 Å². The topological polar surface area (TPSA) is 78.7 Å². The SMILES string of the molecule is Cc1cccc(NC(=O)N2CCN(C(=O)c3ccc4noc(-c5ccccc5)c4c3)CC2)c1. The number of anilines is 1. The van der Waals surface area contributed by atoms with E-state index in [0.717, 1.165) is 22.2 Å². The van der Waals surface area contributed by atoms with Crippen LogP contribution >= 0.6 is 0 Å². The average molecular weight is 441 g/mol. The van der Waals surface area contributed by atoms with E-state index in [2.05, 4.69) is 10.5 Å². The molecule has 1 fully saturated rings. The van der Waals surface area contributed by atoms with Gasteiger partial charge in [-0.3, -0.25) is 4.79 Å². The molecule has 1 aliphatic heterocycles. The molecule has 3 amide bonds. The molecule has 0 aliphatic carbocycles. The van der Waals surface area contributed by atoms with Crippen molar-refractivity contribution in [2.45, 2.75) is 6.92 Å². The van der Waals surface area contributed by atoms with Crippen molar-refractivity contribution in [2.24, 2.45) is 0 Å². The molecule has 7 nitrogen and oxygen atoms in total. The van der Waals surface area contributed by atoms with E-state index in [9.17, 15) is 9.59 Å². The van der Waals surface area contributed by atoms with E-state index in [4.69, 9.17) is 4.52 Å². The molecule has 0 bridgehead atoms. The normalized spacial score (nSPS) is 13.8. The lowest BCUT2D eigenvalue weighted by atomic mass is 10.1. The van der Waals surface area contributed by atoms with Crippen molar-refractivity contribution in [1.82, 2.24) is 15.0 Å². The van der Waals surface area contributed by atoms with Gasteiger partial charge in [0.15, 0.2) is 5.76 Å². The zero-order valence-electron chi connectivity index (χ0n) is 18.3. The van der Waals surface area contributed by atoms with Crippen molar-refractivity contribution < 1.29 is 14.1 Å². The highest BCUT2D eigenvalue weighted by molar-refractivity contribution is 6.01. The van der Waals surface area contributed by atoms with Gasteiger partial charge in [0, 0.05) is 43.0 Å². The summed E-state index contributed by atoms with van der Waals surface area (Å²) in [5.74, 6) is 0.591. The van der Waals surface area contributed by atoms with Gasteiger partial charge in [-0.05, 0) is 42.8 Å². The third kappa shape index (κ3) is 4.30. The molecule has 1 saturated heterocycles. The molecular formula is C26H24N4O3. The second-order valence-electron chi connectivity index (χ2n) is 8.19. The van der Waals surface area contributed by atoms with Crippen molar-refractivity contribution in [1.29, 1.82) is 0 Å². The highest BCUT2D eigenvalue weighted by Crippen LogP contribution is 2.29. The number of nitrogens with one attached hydrogen (secondary N) is 1. The van der Waals surface area contributed by atoms with Crippen LogP contribution in [-0.2, 0) is 0 Å². The number of piperazine rings is 1. The summed E-state index contributed by atoms with van der Waals surface area (Å²) >= 11 is 0. The second kappa shape index (κ2) is 8.78. The molecule has 2 heterocycles. The maximum Gasteiger partial charge on any atom is 0.321 e. The first-order chi connectivity index (χ1) is 16.1.